The van der Waals surface area contributed by atoms with E-state index in [9.17, 15) is 5.11 Å². The maximum atomic E-state index is 9.50. The molecule has 1 aliphatic carbocycles. The summed E-state index contributed by atoms with van der Waals surface area (Å²) in [4.78, 5) is 0. The molecule has 2 N–H and O–H groups in total. The molecule has 19 heavy (non-hydrogen) atoms. The number of aryl methyl sites for hydroxylation is 1. The van der Waals surface area contributed by atoms with Crippen molar-refractivity contribution in [3.63, 3.8) is 0 Å². The molecule has 0 bridgehead atoms. The second kappa shape index (κ2) is 5.44. The van der Waals surface area contributed by atoms with E-state index in [-0.39, 0.29) is 0 Å². The molecule has 0 heterocycles. The average Bonchev–Trinajstić information content (AvgIpc) is 2.32. The van der Waals surface area contributed by atoms with Gasteiger partial charge in [0, 0.05) is 11.7 Å². The highest BCUT2D eigenvalue weighted by atomic mass is 16.3. The van der Waals surface area contributed by atoms with Gasteiger partial charge in [-0.05, 0) is 54.9 Å². The summed E-state index contributed by atoms with van der Waals surface area (Å²) in [5, 5.41) is 13.2. The second-order valence-electron chi connectivity index (χ2n) is 7.01. The number of nitrogens with one attached hydrogen (secondary N) is 1. The zero-order valence-electron chi connectivity index (χ0n) is 12.7. The number of hydrogen-bond acceptors (Lipinski definition) is 2. The molecule has 2 atom stereocenters. The minimum absolute atomic E-state index is 0.346. The summed E-state index contributed by atoms with van der Waals surface area (Å²) in [6.07, 6.45) is 5.25. The summed E-state index contributed by atoms with van der Waals surface area (Å²) in [7, 11) is 0. The number of aromatic hydroxyl groups is 1. The van der Waals surface area contributed by atoms with Crippen LogP contribution in [0.4, 0.5) is 5.69 Å². The summed E-state index contributed by atoms with van der Waals surface area (Å²) in [5.41, 5.74) is 2.64. The van der Waals surface area contributed by atoms with E-state index in [1.807, 2.05) is 12.1 Å². The molecule has 106 valence electrons. The SMILES string of the molecule is Cc1cc(O)ccc1NC1CCCCC1C(C)(C)C. The van der Waals surface area contributed by atoms with Crippen molar-refractivity contribution in [1.29, 1.82) is 0 Å². The van der Waals surface area contributed by atoms with Crippen LogP contribution in [0.5, 0.6) is 5.75 Å². The molecular weight excluding hydrogens is 234 g/mol. The van der Waals surface area contributed by atoms with Crippen molar-refractivity contribution >= 4 is 5.69 Å². The van der Waals surface area contributed by atoms with E-state index in [2.05, 4.69) is 33.0 Å². The van der Waals surface area contributed by atoms with E-state index >= 15 is 0 Å². The van der Waals surface area contributed by atoms with Gasteiger partial charge in [-0.1, -0.05) is 33.6 Å². The summed E-state index contributed by atoms with van der Waals surface area (Å²) >= 11 is 0. The predicted molar refractivity (Wildman–Crippen MR) is 81.7 cm³/mol. The predicted octanol–water partition coefficient (Wildman–Crippen LogP) is 4.72. The Balaban J connectivity index is 2.15. The Morgan fingerprint density at radius 3 is 2.47 bits per heavy atom. The molecule has 2 nitrogen and oxygen atoms in total. The molecule has 0 amide bonds. The lowest BCUT2D eigenvalue weighted by molar-refractivity contribution is 0.163. The Morgan fingerprint density at radius 2 is 1.84 bits per heavy atom. The highest BCUT2D eigenvalue weighted by Crippen LogP contribution is 2.39. The van der Waals surface area contributed by atoms with Crippen molar-refractivity contribution in [3.05, 3.63) is 23.8 Å². The summed E-state index contributed by atoms with van der Waals surface area (Å²) in [6, 6.07) is 6.15. The monoisotopic (exact) mass is 261 g/mol. The van der Waals surface area contributed by atoms with Crippen molar-refractivity contribution in [2.24, 2.45) is 11.3 Å². The van der Waals surface area contributed by atoms with Crippen LogP contribution in [0.15, 0.2) is 18.2 Å². The van der Waals surface area contributed by atoms with Crippen LogP contribution in [0.25, 0.3) is 0 Å². The van der Waals surface area contributed by atoms with E-state index in [1.54, 1.807) is 6.07 Å². The highest BCUT2D eigenvalue weighted by Gasteiger charge is 2.34. The lowest BCUT2D eigenvalue weighted by atomic mass is 9.69. The molecule has 1 saturated carbocycles. The minimum atomic E-state index is 0.346. The Morgan fingerprint density at radius 1 is 1.16 bits per heavy atom. The van der Waals surface area contributed by atoms with Crippen LogP contribution < -0.4 is 5.32 Å². The van der Waals surface area contributed by atoms with E-state index in [4.69, 9.17) is 0 Å². The molecule has 0 aromatic heterocycles. The normalized spacial score (nSPS) is 24.2. The smallest absolute Gasteiger partial charge is 0.115 e. The Bertz CT molecular complexity index is 433. The molecule has 2 unspecified atom stereocenters. The number of anilines is 1. The van der Waals surface area contributed by atoms with Crippen LogP contribution in [0.1, 0.15) is 52.0 Å². The van der Waals surface area contributed by atoms with Gasteiger partial charge >= 0.3 is 0 Å². The van der Waals surface area contributed by atoms with Crippen molar-refractivity contribution in [3.8, 4) is 5.75 Å². The van der Waals surface area contributed by atoms with E-state index in [0.29, 0.717) is 17.2 Å². The molecule has 0 spiro atoms. The molecule has 0 radical (unpaired) electrons. The van der Waals surface area contributed by atoms with Gasteiger partial charge in [-0.2, -0.15) is 0 Å². The van der Waals surface area contributed by atoms with Crippen molar-refractivity contribution in [2.45, 2.75) is 59.4 Å². The molecule has 0 saturated heterocycles. The van der Waals surface area contributed by atoms with Crippen molar-refractivity contribution in [2.75, 3.05) is 5.32 Å². The molecule has 2 rings (SSSR count). The number of phenols is 1. The van der Waals surface area contributed by atoms with Gasteiger partial charge in [-0.25, -0.2) is 0 Å². The quantitative estimate of drug-likeness (QED) is 0.755. The third-order valence-electron chi connectivity index (χ3n) is 4.43. The third kappa shape index (κ3) is 3.43. The Hall–Kier alpha value is -1.18. The van der Waals surface area contributed by atoms with Gasteiger partial charge in [-0.15, -0.1) is 0 Å². The van der Waals surface area contributed by atoms with E-state index in [0.717, 1.165) is 11.5 Å². The summed E-state index contributed by atoms with van der Waals surface area (Å²) < 4.78 is 0. The van der Waals surface area contributed by atoms with Crippen LogP contribution in [0, 0.1) is 18.3 Å². The van der Waals surface area contributed by atoms with Gasteiger partial charge in [0.05, 0.1) is 0 Å². The Labute approximate surface area is 117 Å². The number of benzene rings is 1. The van der Waals surface area contributed by atoms with Crippen LogP contribution in [-0.2, 0) is 0 Å². The van der Waals surface area contributed by atoms with Gasteiger partial charge in [0.25, 0.3) is 0 Å². The van der Waals surface area contributed by atoms with Crippen LogP contribution in [-0.4, -0.2) is 11.1 Å². The average molecular weight is 261 g/mol. The lowest BCUT2D eigenvalue weighted by Crippen LogP contribution is -2.39. The molecule has 1 fully saturated rings. The fourth-order valence-corrected chi connectivity index (χ4v) is 3.35. The largest absolute Gasteiger partial charge is 0.508 e. The van der Waals surface area contributed by atoms with Crippen LogP contribution in [0.2, 0.25) is 0 Å². The summed E-state index contributed by atoms with van der Waals surface area (Å²) in [6.45, 7) is 9.10. The first-order valence-corrected chi connectivity index (χ1v) is 7.44. The second-order valence-corrected chi connectivity index (χ2v) is 7.01. The zero-order chi connectivity index (χ0) is 14.0. The maximum Gasteiger partial charge on any atom is 0.115 e. The van der Waals surface area contributed by atoms with Crippen molar-refractivity contribution < 1.29 is 5.11 Å². The highest BCUT2D eigenvalue weighted by molar-refractivity contribution is 5.54. The van der Waals surface area contributed by atoms with Gasteiger partial charge in [0.15, 0.2) is 0 Å². The molecule has 0 aliphatic heterocycles. The molecular formula is C17H27NO. The zero-order valence-corrected chi connectivity index (χ0v) is 12.7. The van der Waals surface area contributed by atoms with Crippen LogP contribution >= 0.6 is 0 Å². The topological polar surface area (TPSA) is 32.3 Å². The standard InChI is InChI=1S/C17H27NO/c1-12-11-13(19)9-10-15(12)18-16-8-6-5-7-14(16)17(2,3)4/h9-11,14,16,18-19H,5-8H2,1-4H3. The van der Waals surface area contributed by atoms with Gasteiger partial charge in [-0.3, -0.25) is 0 Å². The molecule has 1 aliphatic rings. The maximum absolute atomic E-state index is 9.50. The van der Waals surface area contributed by atoms with E-state index < -0.39 is 0 Å². The fourth-order valence-electron chi connectivity index (χ4n) is 3.35. The first-order chi connectivity index (χ1) is 8.88. The molecule has 1 aromatic carbocycles. The third-order valence-corrected chi connectivity index (χ3v) is 4.43. The van der Waals surface area contributed by atoms with E-state index in [1.165, 1.54) is 31.4 Å². The molecule has 2 heteroatoms. The van der Waals surface area contributed by atoms with Crippen LogP contribution in [0.3, 0.4) is 0 Å². The Kier molecular flexibility index (Phi) is 4.07. The molecule has 1 aromatic rings. The number of rotatable bonds is 2. The van der Waals surface area contributed by atoms with Gasteiger partial charge in [0.2, 0.25) is 0 Å². The summed E-state index contributed by atoms with van der Waals surface area (Å²) in [5.74, 6) is 1.06. The van der Waals surface area contributed by atoms with Gasteiger partial charge in [0.1, 0.15) is 5.75 Å². The minimum Gasteiger partial charge on any atom is -0.508 e. The fraction of sp³-hybridized carbons (Fsp3) is 0.647. The van der Waals surface area contributed by atoms with Gasteiger partial charge < -0.3 is 10.4 Å². The number of hydrogen-bond donors (Lipinski definition) is 2. The van der Waals surface area contributed by atoms with Crippen molar-refractivity contribution in [1.82, 2.24) is 0 Å². The first kappa shape index (κ1) is 14.2. The lowest BCUT2D eigenvalue weighted by Gasteiger charge is -2.41. The first-order valence-electron chi connectivity index (χ1n) is 7.44. The number of phenolic OH excluding ortho intramolecular Hbond substituents is 1.